The average molecular weight is 682 g/mol. The van der Waals surface area contributed by atoms with Crippen LogP contribution in [-0.4, -0.2) is 79.5 Å². The summed E-state index contributed by atoms with van der Waals surface area (Å²) in [5, 5.41) is 18.9. The first-order valence-electron chi connectivity index (χ1n) is 17.6. The van der Waals surface area contributed by atoms with E-state index in [4.69, 9.17) is 35.2 Å². The molecule has 13 nitrogen and oxygen atoms in total. The third-order valence-corrected chi connectivity index (χ3v) is 12.8. The van der Waals surface area contributed by atoms with Gasteiger partial charge in [0.15, 0.2) is 22.9 Å². The van der Waals surface area contributed by atoms with E-state index in [1.807, 2.05) is 12.4 Å². The summed E-state index contributed by atoms with van der Waals surface area (Å²) in [5.41, 5.74) is 12.9. The summed E-state index contributed by atoms with van der Waals surface area (Å²) in [6, 6.07) is 0.492. The van der Waals surface area contributed by atoms with Gasteiger partial charge >= 0.3 is 0 Å². The van der Waals surface area contributed by atoms with Gasteiger partial charge in [-0.05, 0) is 85.5 Å². The highest BCUT2D eigenvalue weighted by Crippen LogP contribution is 2.57. The lowest BCUT2D eigenvalue weighted by molar-refractivity contribution is 0.118. The van der Waals surface area contributed by atoms with E-state index < -0.39 is 0 Å². The van der Waals surface area contributed by atoms with Gasteiger partial charge < -0.3 is 24.8 Å². The lowest BCUT2D eigenvalue weighted by Crippen LogP contribution is -2.35. The van der Waals surface area contributed by atoms with Gasteiger partial charge in [0.05, 0.1) is 54.2 Å². The van der Waals surface area contributed by atoms with Crippen molar-refractivity contribution in [1.82, 2.24) is 40.0 Å². The maximum absolute atomic E-state index is 6.50. The van der Waals surface area contributed by atoms with Gasteiger partial charge in [0.1, 0.15) is 16.5 Å². The number of ether oxygens (including phenoxy) is 1. The number of aryl methyl sites for hydroxylation is 1. The van der Waals surface area contributed by atoms with Crippen molar-refractivity contribution >= 4 is 45.6 Å². The lowest BCUT2D eigenvalue weighted by atomic mass is 9.63. The Labute approximate surface area is 288 Å². The Kier molecular flexibility index (Phi) is 7.40. The Morgan fingerprint density at radius 2 is 2.02 bits per heavy atom. The third kappa shape index (κ3) is 4.63. The molecule has 0 bridgehead atoms. The number of hydrogen-bond donors (Lipinski definition) is 2. The van der Waals surface area contributed by atoms with E-state index in [9.17, 15) is 0 Å². The number of likely N-dealkylation sites (N-methyl/N-ethyl adjacent to an activating group) is 1. The fourth-order valence-electron chi connectivity index (χ4n) is 9.27. The third-order valence-electron chi connectivity index (χ3n) is 11.7. The van der Waals surface area contributed by atoms with E-state index in [1.165, 1.54) is 16.9 Å². The molecular weight excluding hydrogens is 639 g/mol. The van der Waals surface area contributed by atoms with Gasteiger partial charge in [-0.3, -0.25) is 10.1 Å². The van der Waals surface area contributed by atoms with Crippen LogP contribution in [0, 0.1) is 0 Å². The second-order valence-electron chi connectivity index (χ2n) is 14.3. The molecule has 5 aromatic heterocycles. The first kappa shape index (κ1) is 30.9. The van der Waals surface area contributed by atoms with Gasteiger partial charge in [-0.25, -0.2) is 14.6 Å². The van der Waals surface area contributed by atoms with Crippen LogP contribution in [0.5, 0.6) is 0 Å². The molecule has 1 fully saturated rings. The number of aromatic nitrogens is 7. The van der Waals surface area contributed by atoms with Crippen LogP contribution in [0.4, 0.5) is 16.5 Å². The average Bonchev–Trinajstić information content (AvgIpc) is 3.93. The number of fused-ring (bicyclic) bond motifs is 6. The first-order valence-corrected chi connectivity index (χ1v) is 18.4. The van der Waals surface area contributed by atoms with Crippen LogP contribution in [0.25, 0.3) is 22.6 Å². The summed E-state index contributed by atoms with van der Waals surface area (Å²) >= 11 is 1.64. The summed E-state index contributed by atoms with van der Waals surface area (Å²) in [7, 11) is 2.21. The molecule has 49 heavy (non-hydrogen) atoms. The summed E-state index contributed by atoms with van der Waals surface area (Å²) in [4.78, 5) is 21.1. The lowest BCUT2D eigenvalue weighted by Gasteiger charge is -2.39. The Morgan fingerprint density at radius 1 is 1.16 bits per heavy atom. The number of aliphatic imine (C=N–C) groups is 1. The van der Waals surface area contributed by atoms with Crippen LogP contribution in [0.1, 0.15) is 97.5 Å². The highest BCUT2D eigenvalue weighted by atomic mass is 32.1. The van der Waals surface area contributed by atoms with Crippen molar-refractivity contribution in [3.8, 4) is 11.5 Å². The van der Waals surface area contributed by atoms with Crippen molar-refractivity contribution in [3.63, 3.8) is 0 Å². The van der Waals surface area contributed by atoms with E-state index in [1.54, 1.807) is 11.3 Å². The van der Waals surface area contributed by atoms with Crippen LogP contribution in [0.3, 0.4) is 0 Å². The molecule has 0 saturated carbocycles. The molecule has 7 heterocycles. The molecule has 2 aliphatic heterocycles. The number of nitrogens with zero attached hydrogens (tertiary/aromatic N) is 9. The van der Waals surface area contributed by atoms with Crippen molar-refractivity contribution in [2.75, 3.05) is 37.4 Å². The van der Waals surface area contributed by atoms with E-state index in [2.05, 4.69) is 57.3 Å². The number of rotatable bonds is 5. The second kappa shape index (κ2) is 11.7. The molecule has 0 aromatic carbocycles. The Balaban J connectivity index is 1.23. The molecular formula is C35H43N11O2S. The summed E-state index contributed by atoms with van der Waals surface area (Å²) < 4.78 is 14.6. The second-order valence-corrected chi connectivity index (χ2v) is 15.4. The predicted octanol–water partition coefficient (Wildman–Crippen LogP) is 5.89. The van der Waals surface area contributed by atoms with Gasteiger partial charge in [-0.1, -0.05) is 5.16 Å². The van der Waals surface area contributed by atoms with Crippen molar-refractivity contribution in [1.29, 1.82) is 0 Å². The minimum Gasteiger partial charge on any atom is -0.389 e. The van der Waals surface area contributed by atoms with Crippen molar-refractivity contribution < 1.29 is 9.26 Å². The fraction of sp³-hybridized carbons (Fsp3) is 0.543. The number of aromatic amines is 1. The monoisotopic (exact) mass is 681 g/mol. The molecule has 4 atom stereocenters. The van der Waals surface area contributed by atoms with Gasteiger partial charge in [0.2, 0.25) is 0 Å². The summed E-state index contributed by atoms with van der Waals surface area (Å²) in [5.74, 6) is 2.28. The molecule has 3 N–H and O–H groups in total. The van der Waals surface area contributed by atoms with E-state index in [0.29, 0.717) is 37.3 Å². The quantitative estimate of drug-likeness (QED) is 0.215. The van der Waals surface area contributed by atoms with Crippen LogP contribution in [0.15, 0.2) is 21.9 Å². The van der Waals surface area contributed by atoms with Crippen molar-refractivity contribution in [2.24, 2.45) is 4.99 Å². The molecule has 0 radical (unpaired) electrons. The van der Waals surface area contributed by atoms with Gasteiger partial charge in [0.25, 0.3) is 0 Å². The molecule has 14 heteroatoms. The first-order chi connectivity index (χ1) is 23.9. The number of hydrogen-bond acceptors (Lipinski definition) is 12. The van der Waals surface area contributed by atoms with Crippen LogP contribution >= 0.6 is 11.3 Å². The Bertz CT molecular complexity index is 2060. The summed E-state index contributed by atoms with van der Waals surface area (Å²) in [6.45, 7) is 11.2. The normalized spacial score (nSPS) is 24.8. The van der Waals surface area contributed by atoms with Crippen LogP contribution < -0.4 is 10.6 Å². The van der Waals surface area contributed by atoms with E-state index in [-0.39, 0.29) is 17.5 Å². The highest BCUT2D eigenvalue weighted by molar-refractivity contribution is 7.16. The van der Waals surface area contributed by atoms with Crippen LogP contribution in [-0.2, 0) is 29.6 Å². The van der Waals surface area contributed by atoms with Gasteiger partial charge in [-0.15, -0.1) is 11.3 Å². The van der Waals surface area contributed by atoms with Gasteiger partial charge in [0, 0.05) is 34.2 Å². The molecule has 256 valence electrons. The predicted molar refractivity (Wildman–Crippen MR) is 190 cm³/mol. The number of nitrogens with two attached hydrogens (primary N) is 1. The molecule has 1 spiro atoms. The van der Waals surface area contributed by atoms with Crippen molar-refractivity contribution in [2.45, 2.75) is 95.4 Å². The Morgan fingerprint density at radius 3 is 2.84 bits per heavy atom. The largest absolute Gasteiger partial charge is 0.389 e. The zero-order valence-corrected chi connectivity index (χ0v) is 29.2. The maximum atomic E-state index is 6.50. The highest BCUT2D eigenvalue weighted by Gasteiger charge is 2.49. The minimum absolute atomic E-state index is 0.00522. The number of thiophene rings is 1. The SMILES string of the molecule is C=Nc1c(N)sc2c1[C@@]1(CCC2)CCCc2c(-c3nc(N4CCOCc5[nH]ncc5[C@H]4C)c4cnn([C@@H](C)[C@@H]5CCCN5C)c4n3)noc21. The molecule has 5 aromatic rings. The zero-order chi connectivity index (χ0) is 33.4. The molecule has 0 amide bonds. The zero-order valence-electron chi connectivity index (χ0n) is 28.4. The molecule has 0 unspecified atom stereocenters. The van der Waals surface area contributed by atoms with Crippen LogP contribution in [0.2, 0.25) is 0 Å². The van der Waals surface area contributed by atoms with Crippen molar-refractivity contribution in [3.05, 3.63) is 45.4 Å². The molecule has 2 aliphatic carbocycles. The molecule has 4 aliphatic rings. The standard InChI is InChI=1S/C35H43N11O2S/c1-19-22-16-38-42-24(22)18-47-15-14-45(19)33-23-17-39-46(20(2)25-9-7-13-44(25)4)34(23)41-32(40-33)28-21-8-5-11-35(30(21)48-43-28)12-6-10-26-27(35)29(37-3)31(36)49-26/h16-17,19-20,25H,3,5-15,18,36H2,1-2,4H3,(H,38,42)/t19-,20+,25+,35+/m1/s1. The molecule has 9 rings (SSSR count). The number of anilines is 2. The minimum atomic E-state index is -0.333. The summed E-state index contributed by atoms with van der Waals surface area (Å²) in [6.07, 6.45) is 12.0. The number of nitrogens with one attached hydrogen (secondary N) is 1. The maximum Gasteiger partial charge on any atom is 0.186 e. The fourth-order valence-corrected chi connectivity index (χ4v) is 10.4. The molecule has 1 saturated heterocycles. The Hall–Kier alpha value is -4.14. The smallest absolute Gasteiger partial charge is 0.186 e. The van der Waals surface area contributed by atoms with Gasteiger partial charge in [-0.2, -0.15) is 10.2 Å². The number of H-pyrrole nitrogens is 1. The number of nitrogen functional groups attached to an aromatic ring is 1. The number of likely N-dealkylation sites (tertiary alicyclic amines) is 1. The van der Waals surface area contributed by atoms with E-state index in [0.717, 1.165) is 102 Å². The van der Waals surface area contributed by atoms with E-state index >= 15 is 0 Å². The topological polar surface area (TPSA) is 152 Å².